The maximum Gasteiger partial charge on any atom is 0.250 e. The number of fused-ring (bicyclic) bond motifs is 1. The fourth-order valence-corrected chi connectivity index (χ4v) is 5.63. The van der Waals surface area contributed by atoms with E-state index in [4.69, 9.17) is 5.73 Å². The number of hydrogen-bond acceptors (Lipinski definition) is 5. The fraction of sp³-hybridized carbons (Fsp3) is 0.379. The summed E-state index contributed by atoms with van der Waals surface area (Å²) in [5.41, 5.74) is 7.26. The molecule has 188 valence electrons. The van der Waals surface area contributed by atoms with Crippen LogP contribution in [0, 0.1) is 0 Å². The number of hydrogen-bond donors (Lipinski definition) is 2. The highest BCUT2D eigenvalue weighted by Crippen LogP contribution is 2.39. The predicted octanol–water partition coefficient (Wildman–Crippen LogP) is 2.95. The minimum absolute atomic E-state index is 0.0603. The Balaban J connectivity index is 1.32. The van der Waals surface area contributed by atoms with Gasteiger partial charge < -0.3 is 20.9 Å². The molecule has 0 aromatic heterocycles. The van der Waals surface area contributed by atoms with Gasteiger partial charge in [0.2, 0.25) is 11.8 Å². The van der Waals surface area contributed by atoms with Gasteiger partial charge in [-0.3, -0.25) is 14.5 Å². The zero-order valence-corrected chi connectivity index (χ0v) is 20.7. The normalized spacial score (nSPS) is 17.8. The van der Waals surface area contributed by atoms with Crippen LogP contribution in [0.15, 0.2) is 72.8 Å². The Morgan fingerprint density at radius 2 is 1.67 bits per heavy atom. The van der Waals surface area contributed by atoms with Crippen molar-refractivity contribution in [1.29, 1.82) is 0 Å². The van der Waals surface area contributed by atoms with Crippen molar-refractivity contribution in [3.63, 3.8) is 0 Å². The van der Waals surface area contributed by atoms with E-state index >= 15 is 0 Å². The van der Waals surface area contributed by atoms with Crippen molar-refractivity contribution in [1.82, 2.24) is 15.1 Å². The Hall–Kier alpha value is -3.42. The average Bonchev–Trinajstić information content (AvgIpc) is 3.17. The van der Waals surface area contributed by atoms with Crippen molar-refractivity contribution in [3.05, 3.63) is 78.4 Å². The van der Waals surface area contributed by atoms with Crippen molar-refractivity contribution in [2.75, 3.05) is 44.3 Å². The lowest BCUT2D eigenvalue weighted by Gasteiger charge is -2.43. The van der Waals surface area contributed by atoms with Gasteiger partial charge in [-0.2, -0.15) is 0 Å². The Kier molecular flexibility index (Phi) is 7.20. The van der Waals surface area contributed by atoms with Gasteiger partial charge in [0.15, 0.2) is 0 Å². The van der Waals surface area contributed by atoms with Crippen LogP contribution < -0.4 is 16.0 Å². The maximum absolute atomic E-state index is 13.8. The first-order chi connectivity index (χ1) is 17.6. The Bertz CT molecular complexity index is 1200. The lowest BCUT2D eigenvalue weighted by atomic mass is 9.85. The molecule has 3 aromatic carbocycles. The van der Waals surface area contributed by atoms with E-state index < -0.39 is 5.54 Å². The lowest BCUT2D eigenvalue weighted by molar-refractivity contribution is -0.137. The number of carbonyl (C=O) groups excluding carboxylic acids is 2. The number of para-hydroxylation sites is 1. The molecule has 2 heterocycles. The summed E-state index contributed by atoms with van der Waals surface area (Å²) < 4.78 is 0. The van der Waals surface area contributed by atoms with E-state index in [1.54, 1.807) is 4.90 Å². The zero-order chi connectivity index (χ0) is 25.0. The molecule has 0 saturated carbocycles. The van der Waals surface area contributed by atoms with E-state index in [1.807, 2.05) is 18.2 Å². The summed E-state index contributed by atoms with van der Waals surface area (Å²) in [7, 11) is 0. The molecule has 0 radical (unpaired) electrons. The highest BCUT2D eigenvalue weighted by molar-refractivity contribution is 5.96. The van der Waals surface area contributed by atoms with Gasteiger partial charge in [-0.25, -0.2) is 0 Å². The number of anilines is 1. The molecule has 0 atom stereocenters. The number of amides is 2. The smallest absolute Gasteiger partial charge is 0.250 e. The van der Waals surface area contributed by atoms with Crippen molar-refractivity contribution in [3.8, 4) is 0 Å². The van der Waals surface area contributed by atoms with E-state index in [1.165, 1.54) is 16.3 Å². The minimum atomic E-state index is -0.617. The molecule has 0 aliphatic carbocycles. The van der Waals surface area contributed by atoms with Crippen LogP contribution in [-0.4, -0.2) is 66.5 Å². The molecule has 0 bridgehead atoms. The fourth-order valence-electron chi connectivity index (χ4n) is 5.63. The number of nitrogens with zero attached hydrogens (tertiary/aromatic N) is 3. The molecule has 1 spiro atoms. The Labute approximate surface area is 212 Å². The molecule has 3 N–H and O–H groups in total. The van der Waals surface area contributed by atoms with E-state index in [0.717, 1.165) is 44.6 Å². The van der Waals surface area contributed by atoms with Gasteiger partial charge in [0.25, 0.3) is 0 Å². The van der Waals surface area contributed by atoms with E-state index in [9.17, 15) is 9.59 Å². The molecular formula is C29H35N5O2. The van der Waals surface area contributed by atoms with Crippen LogP contribution in [0.4, 0.5) is 5.69 Å². The van der Waals surface area contributed by atoms with E-state index in [2.05, 4.69) is 69.7 Å². The first-order valence-electron chi connectivity index (χ1n) is 12.9. The van der Waals surface area contributed by atoms with Gasteiger partial charge in [0.05, 0.1) is 6.67 Å². The molecule has 2 fully saturated rings. The van der Waals surface area contributed by atoms with Crippen molar-refractivity contribution >= 4 is 28.3 Å². The third kappa shape index (κ3) is 4.81. The SMILES string of the molecule is NCCCNC(=O)CN1CN(c2ccccc2)C2(CCN(Cc3cccc4ccccc34)CC2)C1=O. The van der Waals surface area contributed by atoms with Gasteiger partial charge in [-0.15, -0.1) is 0 Å². The van der Waals surface area contributed by atoms with Crippen LogP contribution >= 0.6 is 0 Å². The highest BCUT2D eigenvalue weighted by Gasteiger charge is 2.53. The quantitative estimate of drug-likeness (QED) is 0.480. The third-order valence-electron chi connectivity index (χ3n) is 7.58. The van der Waals surface area contributed by atoms with Gasteiger partial charge in [0, 0.05) is 31.9 Å². The largest absolute Gasteiger partial charge is 0.355 e. The van der Waals surface area contributed by atoms with Crippen LogP contribution in [0.3, 0.4) is 0 Å². The second-order valence-corrected chi connectivity index (χ2v) is 9.85. The molecule has 7 heteroatoms. The second-order valence-electron chi connectivity index (χ2n) is 9.85. The van der Waals surface area contributed by atoms with Gasteiger partial charge in [-0.05, 0) is 54.3 Å². The number of nitrogens with two attached hydrogens (primary N) is 1. The molecule has 3 aromatic rings. The van der Waals surface area contributed by atoms with Gasteiger partial charge in [-0.1, -0.05) is 60.7 Å². The predicted molar refractivity (Wildman–Crippen MR) is 143 cm³/mol. The van der Waals surface area contributed by atoms with Crippen molar-refractivity contribution in [2.24, 2.45) is 5.73 Å². The van der Waals surface area contributed by atoms with Crippen LogP contribution in [-0.2, 0) is 16.1 Å². The average molecular weight is 486 g/mol. The standard InChI is InChI=1S/C29H35N5O2/c30-16-7-17-31-27(35)21-33-22-34(25-11-2-1-3-12-25)29(28(33)36)14-18-32(19-15-29)20-24-10-6-9-23-8-4-5-13-26(23)24/h1-6,8-13H,7,14-22,30H2,(H,31,35). The van der Waals surface area contributed by atoms with Crippen LogP contribution in [0.1, 0.15) is 24.8 Å². The third-order valence-corrected chi connectivity index (χ3v) is 7.58. The Morgan fingerprint density at radius 3 is 2.44 bits per heavy atom. The molecular weight excluding hydrogens is 450 g/mol. The highest BCUT2D eigenvalue weighted by atomic mass is 16.2. The van der Waals surface area contributed by atoms with Gasteiger partial charge >= 0.3 is 0 Å². The van der Waals surface area contributed by atoms with Crippen molar-refractivity contribution < 1.29 is 9.59 Å². The van der Waals surface area contributed by atoms with Crippen LogP contribution in [0.2, 0.25) is 0 Å². The summed E-state index contributed by atoms with van der Waals surface area (Å²) >= 11 is 0. The summed E-state index contributed by atoms with van der Waals surface area (Å²) in [5.74, 6) is -0.0691. The first-order valence-corrected chi connectivity index (χ1v) is 12.9. The monoisotopic (exact) mass is 485 g/mol. The molecule has 2 aliphatic rings. The number of nitrogens with one attached hydrogen (secondary N) is 1. The van der Waals surface area contributed by atoms with Crippen LogP contribution in [0.25, 0.3) is 10.8 Å². The molecule has 5 rings (SSSR count). The van der Waals surface area contributed by atoms with Gasteiger partial charge in [0.1, 0.15) is 12.1 Å². The maximum atomic E-state index is 13.8. The number of carbonyl (C=O) groups is 2. The minimum Gasteiger partial charge on any atom is -0.355 e. The molecule has 2 amide bonds. The lowest BCUT2D eigenvalue weighted by Crippen LogP contribution is -2.56. The van der Waals surface area contributed by atoms with E-state index in [0.29, 0.717) is 19.8 Å². The second kappa shape index (κ2) is 10.7. The number of likely N-dealkylation sites (tertiary alicyclic amines) is 1. The summed E-state index contributed by atoms with van der Waals surface area (Å²) in [6.45, 7) is 4.09. The molecule has 2 aliphatic heterocycles. The summed E-state index contributed by atoms with van der Waals surface area (Å²) in [4.78, 5) is 32.7. The summed E-state index contributed by atoms with van der Waals surface area (Å²) in [5, 5.41) is 5.43. The van der Waals surface area contributed by atoms with Crippen LogP contribution in [0.5, 0.6) is 0 Å². The number of piperidine rings is 1. The van der Waals surface area contributed by atoms with E-state index in [-0.39, 0.29) is 18.4 Å². The Morgan fingerprint density at radius 1 is 0.944 bits per heavy atom. The summed E-state index contributed by atoms with van der Waals surface area (Å²) in [6, 6.07) is 25.1. The zero-order valence-electron chi connectivity index (χ0n) is 20.7. The topological polar surface area (TPSA) is 81.9 Å². The molecule has 0 unspecified atom stereocenters. The summed E-state index contributed by atoms with van der Waals surface area (Å²) in [6.07, 6.45) is 2.19. The van der Waals surface area contributed by atoms with Crippen molar-refractivity contribution in [2.45, 2.75) is 31.3 Å². The molecule has 36 heavy (non-hydrogen) atoms. The number of rotatable bonds is 8. The number of benzene rings is 3. The molecule has 7 nitrogen and oxygen atoms in total. The first kappa shape index (κ1) is 24.3. The molecule has 2 saturated heterocycles.